The van der Waals surface area contributed by atoms with Crippen LogP contribution >= 0.6 is 0 Å². The maximum atomic E-state index is 13.5. The first-order valence-corrected chi connectivity index (χ1v) is 8.65. The van der Waals surface area contributed by atoms with Gasteiger partial charge >= 0.3 is 0 Å². The highest BCUT2D eigenvalue weighted by molar-refractivity contribution is 5.88. The van der Waals surface area contributed by atoms with E-state index in [-0.39, 0.29) is 5.75 Å². The number of rotatable bonds is 6. The van der Waals surface area contributed by atoms with E-state index in [0.717, 1.165) is 11.4 Å². The number of hydrazone groups is 1. The third-order valence-electron chi connectivity index (χ3n) is 4.22. The van der Waals surface area contributed by atoms with Crippen molar-refractivity contribution in [1.82, 2.24) is 19.7 Å². The highest BCUT2D eigenvalue weighted by Crippen LogP contribution is 2.23. The Kier molecular flexibility index (Phi) is 5.02. The highest BCUT2D eigenvalue weighted by atomic mass is 19.1. The molecule has 0 amide bonds. The van der Waals surface area contributed by atoms with Crippen LogP contribution in [0.1, 0.15) is 5.56 Å². The number of methoxy groups -OCH3 is 2. The number of anilines is 1. The van der Waals surface area contributed by atoms with Gasteiger partial charge in [0.2, 0.25) is 0 Å². The van der Waals surface area contributed by atoms with Gasteiger partial charge in [0.25, 0.3) is 0 Å². The van der Waals surface area contributed by atoms with E-state index in [2.05, 4.69) is 25.6 Å². The summed E-state index contributed by atoms with van der Waals surface area (Å²) < 4.78 is 25.4. The topological polar surface area (TPSA) is 86.5 Å². The summed E-state index contributed by atoms with van der Waals surface area (Å²) in [4.78, 5) is 8.56. The minimum atomic E-state index is -0.430. The zero-order chi connectivity index (χ0) is 20.2. The minimum Gasteiger partial charge on any atom is -0.497 e. The van der Waals surface area contributed by atoms with E-state index in [9.17, 15) is 4.39 Å². The zero-order valence-corrected chi connectivity index (χ0v) is 15.7. The molecule has 2 aromatic heterocycles. The average Bonchev–Trinajstić information content (AvgIpc) is 3.20. The van der Waals surface area contributed by atoms with Crippen molar-refractivity contribution in [2.24, 2.45) is 5.10 Å². The van der Waals surface area contributed by atoms with Crippen molar-refractivity contribution in [2.45, 2.75) is 0 Å². The van der Waals surface area contributed by atoms with E-state index in [4.69, 9.17) is 9.47 Å². The predicted octanol–water partition coefficient (Wildman–Crippen LogP) is 3.42. The van der Waals surface area contributed by atoms with Crippen LogP contribution < -0.4 is 14.9 Å². The van der Waals surface area contributed by atoms with Crippen LogP contribution in [0.3, 0.4) is 0 Å². The Morgan fingerprint density at radius 2 is 2.00 bits per heavy atom. The van der Waals surface area contributed by atoms with Crippen LogP contribution in [0.2, 0.25) is 0 Å². The summed E-state index contributed by atoms with van der Waals surface area (Å²) >= 11 is 0. The number of benzene rings is 2. The summed E-state index contributed by atoms with van der Waals surface area (Å²) in [6, 6.07) is 12.0. The Balaban J connectivity index is 1.61. The largest absolute Gasteiger partial charge is 0.497 e. The summed E-state index contributed by atoms with van der Waals surface area (Å²) in [6.45, 7) is 0. The van der Waals surface area contributed by atoms with Crippen LogP contribution in [0.5, 0.6) is 11.5 Å². The van der Waals surface area contributed by atoms with Gasteiger partial charge in [-0.1, -0.05) is 12.1 Å². The molecule has 146 valence electrons. The number of nitrogens with zero attached hydrogens (tertiary/aromatic N) is 5. The Morgan fingerprint density at radius 3 is 2.83 bits per heavy atom. The lowest BCUT2D eigenvalue weighted by atomic mass is 10.2. The number of ether oxygens (including phenoxy) is 2. The van der Waals surface area contributed by atoms with Crippen molar-refractivity contribution in [3.63, 3.8) is 0 Å². The van der Waals surface area contributed by atoms with E-state index in [1.807, 2.05) is 24.3 Å². The molecule has 0 fully saturated rings. The van der Waals surface area contributed by atoms with Gasteiger partial charge in [-0.2, -0.15) is 10.2 Å². The SMILES string of the molecule is COc1cccc(-n2ncc3c(NN=Cc4ccc(F)c(OC)c4)ncnc32)c1. The van der Waals surface area contributed by atoms with Crippen LogP contribution in [-0.2, 0) is 0 Å². The van der Waals surface area contributed by atoms with E-state index >= 15 is 0 Å². The van der Waals surface area contributed by atoms with Gasteiger partial charge in [0.1, 0.15) is 12.1 Å². The first kappa shape index (κ1) is 18.4. The van der Waals surface area contributed by atoms with Gasteiger partial charge in [0.05, 0.1) is 37.7 Å². The number of fused-ring (bicyclic) bond motifs is 1. The molecule has 2 heterocycles. The summed E-state index contributed by atoms with van der Waals surface area (Å²) in [5, 5.41) is 9.28. The molecular weight excluding hydrogens is 375 g/mol. The van der Waals surface area contributed by atoms with Gasteiger partial charge in [0, 0.05) is 6.07 Å². The molecule has 4 rings (SSSR count). The second-order valence-electron chi connectivity index (χ2n) is 5.98. The number of nitrogens with one attached hydrogen (secondary N) is 1. The number of aromatic nitrogens is 4. The van der Waals surface area contributed by atoms with Crippen molar-refractivity contribution >= 4 is 23.1 Å². The molecule has 0 aliphatic rings. The van der Waals surface area contributed by atoms with E-state index in [0.29, 0.717) is 22.4 Å². The summed E-state index contributed by atoms with van der Waals surface area (Å²) in [5.74, 6) is 0.936. The lowest BCUT2D eigenvalue weighted by Gasteiger charge is -2.06. The first-order chi connectivity index (χ1) is 14.2. The maximum absolute atomic E-state index is 13.5. The lowest BCUT2D eigenvalue weighted by molar-refractivity contribution is 0.386. The van der Waals surface area contributed by atoms with Crippen molar-refractivity contribution in [3.8, 4) is 17.2 Å². The molecule has 0 saturated heterocycles. The smallest absolute Gasteiger partial charge is 0.168 e. The van der Waals surface area contributed by atoms with Crippen molar-refractivity contribution in [3.05, 3.63) is 66.4 Å². The van der Waals surface area contributed by atoms with Gasteiger partial charge in [-0.3, -0.25) is 5.43 Å². The summed E-state index contributed by atoms with van der Waals surface area (Å²) in [6.07, 6.45) is 4.63. The van der Waals surface area contributed by atoms with E-state index < -0.39 is 5.82 Å². The molecule has 0 aliphatic heterocycles. The monoisotopic (exact) mass is 392 g/mol. The number of hydrogen-bond acceptors (Lipinski definition) is 7. The Hall–Kier alpha value is -4.01. The van der Waals surface area contributed by atoms with Gasteiger partial charge in [-0.15, -0.1) is 0 Å². The Morgan fingerprint density at radius 1 is 1.10 bits per heavy atom. The standard InChI is InChI=1S/C20H17FN6O2/c1-28-15-5-3-4-14(9-15)27-20-16(11-25-27)19(22-12-23-20)26-24-10-13-6-7-17(21)18(8-13)29-2/h3-12H,1-2H3,(H,22,23,26). The number of halogens is 1. The fourth-order valence-electron chi connectivity index (χ4n) is 2.79. The van der Waals surface area contributed by atoms with Crippen LogP contribution in [0.25, 0.3) is 16.7 Å². The highest BCUT2D eigenvalue weighted by Gasteiger charge is 2.11. The molecule has 0 unspecified atom stereocenters. The fourth-order valence-corrected chi connectivity index (χ4v) is 2.79. The van der Waals surface area contributed by atoms with Gasteiger partial charge < -0.3 is 9.47 Å². The fraction of sp³-hybridized carbons (Fsp3) is 0.100. The second kappa shape index (κ2) is 7.93. The van der Waals surface area contributed by atoms with Crippen molar-refractivity contribution in [2.75, 3.05) is 19.6 Å². The van der Waals surface area contributed by atoms with Crippen LogP contribution in [0.15, 0.2) is 60.1 Å². The molecule has 0 radical (unpaired) electrons. The molecule has 1 N–H and O–H groups in total. The van der Waals surface area contributed by atoms with E-state index in [1.165, 1.54) is 19.5 Å². The molecule has 2 aromatic carbocycles. The average molecular weight is 392 g/mol. The third kappa shape index (κ3) is 3.70. The molecule has 0 spiro atoms. The molecule has 29 heavy (non-hydrogen) atoms. The lowest BCUT2D eigenvalue weighted by Crippen LogP contribution is -2.00. The zero-order valence-electron chi connectivity index (χ0n) is 15.7. The molecule has 9 heteroatoms. The maximum Gasteiger partial charge on any atom is 0.168 e. The van der Waals surface area contributed by atoms with Gasteiger partial charge in [0.15, 0.2) is 23.0 Å². The van der Waals surface area contributed by atoms with Crippen molar-refractivity contribution < 1.29 is 13.9 Å². The molecule has 4 aromatic rings. The molecule has 0 aliphatic carbocycles. The molecule has 0 atom stereocenters. The molecule has 0 saturated carbocycles. The molecule has 8 nitrogen and oxygen atoms in total. The summed E-state index contributed by atoms with van der Waals surface area (Å²) in [7, 11) is 3.02. The van der Waals surface area contributed by atoms with Gasteiger partial charge in [-0.25, -0.2) is 19.0 Å². The quantitative estimate of drug-likeness (QED) is 0.400. The molecular formula is C20H17FN6O2. The Labute approximate surface area is 165 Å². The summed E-state index contributed by atoms with van der Waals surface area (Å²) in [5.41, 5.74) is 4.99. The van der Waals surface area contributed by atoms with Crippen molar-refractivity contribution in [1.29, 1.82) is 0 Å². The molecule has 0 bridgehead atoms. The van der Waals surface area contributed by atoms with Crippen LogP contribution in [0.4, 0.5) is 10.2 Å². The van der Waals surface area contributed by atoms with Gasteiger partial charge in [-0.05, 0) is 29.8 Å². The normalized spacial score (nSPS) is 11.1. The Bertz CT molecular complexity index is 1190. The van der Waals surface area contributed by atoms with Crippen LogP contribution in [0, 0.1) is 5.82 Å². The third-order valence-corrected chi connectivity index (χ3v) is 4.22. The second-order valence-corrected chi connectivity index (χ2v) is 5.98. The number of hydrogen-bond donors (Lipinski definition) is 1. The minimum absolute atomic E-state index is 0.151. The van der Waals surface area contributed by atoms with Crippen LogP contribution in [-0.4, -0.2) is 40.2 Å². The van der Waals surface area contributed by atoms with E-state index in [1.54, 1.807) is 36.3 Å². The first-order valence-electron chi connectivity index (χ1n) is 8.65. The predicted molar refractivity (Wildman–Crippen MR) is 107 cm³/mol.